The van der Waals surface area contributed by atoms with Crippen LogP contribution in [0.3, 0.4) is 0 Å². The number of hydrogen-bond donors (Lipinski definition) is 2. The second-order valence-electron chi connectivity index (χ2n) is 6.83. The van der Waals surface area contributed by atoms with E-state index in [-0.39, 0.29) is 18.5 Å². The molecule has 26 heavy (non-hydrogen) atoms. The highest BCUT2D eigenvalue weighted by atomic mass is 16.5. The Balaban J connectivity index is 1.87. The zero-order chi connectivity index (χ0) is 18.4. The van der Waals surface area contributed by atoms with Crippen molar-refractivity contribution >= 4 is 11.9 Å². The van der Waals surface area contributed by atoms with E-state index >= 15 is 0 Å². The first-order valence-electron chi connectivity index (χ1n) is 9.03. The van der Waals surface area contributed by atoms with Gasteiger partial charge in [-0.3, -0.25) is 9.79 Å². The number of nitrogens with zero attached hydrogens (tertiary/aromatic N) is 1. The summed E-state index contributed by atoms with van der Waals surface area (Å²) in [6.45, 7) is 0.279. The molecule has 1 aliphatic rings. The van der Waals surface area contributed by atoms with Crippen LogP contribution in [0.2, 0.25) is 0 Å². The molecule has 0 aliphatic heterocycles. The van der Waals surface area contributed by atoms with Crippen LogP contribution in [-0.4, -0.2) is 18.5 Å². The van der Waals surface area contributed by atoms with Crippen molar-refractivity contribution in [1.82, 2.24) is 0 Å². The van der Waals surface area contributed by atoms with Gasteiger partial charge < -0.3 is 16.2 Å². The van der Waals surface area contributed by atoms with Gasteiger partial charge >= 0.3 is 5.97 Å². The second kappa shape index (κ2) is 8.04. The normalized spacial score (nSPS) is 15.8. The van der Waals surface area contributed by atoms with Crippen LogP contribution in [0.1, 0.15) is 32.1 Å². The minimum absolute atomic E-state index is 0.00688. The molecule has 0 unspecified atom stereocenters. The van der Waals surface area contributed by atoms with Gasteiger partial charge in [0.2, 0.25) is 0 Å². The number of hydrogen-bond acceptors (Lipinski definition) is 3. The summed E-state index contributed by atoms with van der Waals surface area (Å²) in [7, 11) is 0. The summed E-state index contributed by atoms with van der Waals surface area (Å²) in [5.74, 6) is 0.330. The predicted octanol–water partition coefficient (Wildman–Crippen LogP) is 3.48. The minimum atomic E-state index is -0.647. The predicted molar refractivity (Wildman–Crippen MR) is 104 cm³/mol. The lowest BCUT2D eigenvalue weighted by Crippen LogP contribution is -2.40. The van der Waals surface area contributed by atoms with Gasteiger partial charge in [0, 0.05) is 5.56 Å². The van der Waals surface area contributed by atoms with E-state index < -0.39 is 5.41 Å². The summed E-state index contributed by atoms with van der Waals surface area (Å²) >= 11 is 0. The maximum atomic E-state index is 13.1. The van der Waals surface area contributed by atoms with Gasteiger partial charge in [0.1, 0.15) is 5.75 Å². The Labute approximate surface area is 154 Å². The highest BCUT2D eigenvalue weighted by Crippen LogP contribution is 2.39. The Morgan fingerprint density at radius 3 is 2.31 bits per heavy atom. The molecule has 2 aromatic rings. The monoisotopic (exact) mass is 351 g/mol. The van der Waals surface area contributed by atoms with Crippen molar-refractivity contribution in [3.05, 3.63) is 54.6 Å². The van der Waals surface area contributed by atoms with Crippen molar-refractivity contribution < 1.29 is 9.53 Å². The van der Waals surface area contributed by atoms with Gasteiger partial charge in [0.25, 0.3) is 0 Å². The van der Waals surface area contributed by atoms with Gasteiger partial charge in [0.05, 0.1) is 12.0 Å². The van der Waals surface area contributed by atoms with E-state index in [0.717, 1.165) is 43.2 Å². The topological polar surface area (TPSA) is 90.7 Å². The Hall–Kier alpha value is -2.82. The summed E-state index contributed by atoms with van der Waals surface area (Å²) in [4.78, 5) is 17.2. The molecular weight excluding hydrogens is 326 g/mol. The minimum Gasteiger partial charge on any atom is -0.425 e. The number of nitrogens with two attached hydrogens (primary N) is 2. The lowest BCUT2D eigenvalue weighted by molar-refractivity contribution is -0.147. The summed E-state index contributed by atoms with van der Waals surface area (Å²) < 4.78 is 5.89. The van der Waals surface area contributed by atoms with Crippen molar-refractivity contribution in [2.24, 2.45) is 21.9 Å². The van der Waals surface area contributed by atoms with E-state index in [4.69, 9.17) is 16.2 Å². The Morgan fingerprint density at radius 1 is 0.962 bits per heavy atom. The summed E-state index contributed by atoms with van der Waals surface area (Å²) in [6.07, 6.45) is 4.58. The van der Waals surface area contributed by atoms with Crippen LogP contribution in [-0.2, 0) is 4.79 Å². The van der Waals surface area contributed by atoms with E-state index in [2.05, 4.69) is 4.99 Å². The summed E-state index contributed by atoms with van der Waals surface area (Å²) in [6, 6.07) is 17.5. The molecule has 0 aromatic heterocycles. The molecule has 0 atom stereocenters. The van der Waals surface area contributed by atoms with Gasteiger partial charge in [-0.25, -0.2) is 0 Å². The molecule has 0 bridgehead atoms. The third-order valence-corrected chi connectivity index (χ3v) is 4.98. The highest BCUT2D eigenvalue weighted by Gasteiger charge is 2.41. The highest BCUT2D eigenvalue weighted by molar-refractivity contribution is 5.83. The molecule has 1 saturated carbocycles. The maximum absolute atomic E-state index is 13.1. The van der Waals surface area contributed by atoms with Crippen LogP contribution in [0.4, 0.5) is 0 Å². The fourth-order valence-electron chi connectivity index (χ4n) is 3.52. The first kappa shape index (κ1) is 18.0. The quantitative estimate of drug-likeness (QED) is 0.373. The Bertz CT molecular complexity index is 777. The zero-order valence-corrected chi connectivity index (χ0v) is 14.9. The fraction of sp³-hybridized carbons (Fsp3) is 0.333. The molecule has 0 heterocycles. The van der Waals surface area contributed by atoms with Gasteiger partial charge in [0.15, 0.2) is 5.96 Å². The number of benzene rings is 2. The van der Waals surface area contributed by atoms with E-state index in [1.165, 1.54) is 0 Å². The van der Waals surface area contributed by atoms with E-state index in [9.17, 15) is 4.79 Å². The number of carbonyl (C=O) groups excluding carboxylic acids is 1. The van der Waals surface area contributed by atoms with Crippen LogP contribution >= 0.6 is 0 Å². The molecule has 136 valence electrons. The molecule has 3 rings (SSSR count). The molecular formula is C21H25N3O2. The van der Waals surface area contributed by atoms with Gasteiger partial charge in [-0.1, -0.05) is 67.8 Å². The van der Waals surface area contributed by atoms with Crippen molar-refractivity contribution in [3.63, 3.8) is 0 Å². The third-order valence-electron chi connectivity index (χ3n) is 4.98. The molecule has 0 amide bonds. The van der Waals surface area contributed by atoms with Crippen LogP contribution in [0, 0.1) is 5.41 Å². The number of aliphatic imine (C=N–C) groups is 1. The molecule has 2 aromatic carbocycles. The SMILES string of the molecule is NC(N)=NCC1(C(=O)Oc2ccccc2-c2ccccc2)CCCCC1. The first-order chi connectivity index (χ1) is 12.6. The molecule has 1 fully saturated rings. The second-order valence-corrected chi connectivity index (χ2v) is 6.83. The Kier molecular flexibility index (Phi) is 5.56. The molecule has 0 spiro atoms. The largest absolute Gasteiger partial charge is 0.425 e. The van der Waals surface area contributed by atoms with E-state index in [1.807, 2.05) is 54.6 Å². The van der Waals surface area contributed by atoms with Crippen molar-refractivity contribution in [2.45, 2.75) is 32.1 Å². The zero-order valence-electron chi connectivity index (χ0n) is 14.9. The van der Waals surface area contributed by atoms with Gasteiger partial charge in [-0.05, 0) is 24.5 Å². The molecule has 0 radical (unpaired) electrons. The van der Waals surface area contributed by atoms with Crippen LogP contribution in [0.15, 0.2) is 59.6 Å². The van der Waals surface area contributed by atoms with Crippen LogP contribution in [0.25, 0.3) is 11.1 Å². The summed E-state index contributed by atoms with van der Waals surface area (Å²) in [5, 5.41) is 0. The number of para-hydroxylation sites is 1. The van der Waals surface area contributed by atoms with Crippen molar-refractivity contribution in [2.75, 3.05) is 6.54 Å². The number of esters is 1. The molecule has 5 heteroatoms. The maximum Gasteiger partial charge on any atom is 0.319 e. The van der Waals surface area contributed by atoms with Gasteiger partial charge in [-0.2, -0.15) is 0 Å². The smallest absolute Gasteiger partial charge is 0.319 e. The van der Waals surface area contributed by atoms with Gasteiger partial charge in [-0.15, -0.1) is 0 Å². The number of ether oxygens (including phenoxy) is 1. The number of carbonyl (C=O) groups is 1. The average Bonchev–Trinajstić information content (AvgIpc) is 2.68. The third kappa shape index (κ3) is 4.04. The van der Waals surface area contributed by atoms with Crippen molar-refractivity contribution in [3.8, 4) is 16.9 Å². The lowest BCUT2D eigenvalue weighted by atomic mass is 9.74. The molecule has 1 aliphatic carbocycles. The molecule has 0 saturated heterocycles. The fourth-order valence-corrected chi connectivity index (χ4v) is 3.52. The Morgan fingerprint density at radius 2 is 1.62 bits per heavy atom. The standard InChI is InChI=1S/C21H25N3O2/c22-20(23)24-15-21(13-7-2-8-14-21)19(25)26-18-12-6-5-11-17(18)16-9-3-1-4-10-16/h1,3-6,9-12H,2,7-8,13-15H2,(H4,22,23,24). The van der Waals surface area contributed by atoms with Crippen molar-refractivity contribution in [1.29, 1.82) is 0 Å². The van der Waals surface area contributed by atoms with E-state index in [1.54, 1.807) is 0 Å². The number of rotatable bonds is 5. The van der Waals surface area contributed by atoms with Crippen LogP contribution < -0.4 is 16.2 Å². The average molecular weight is 351 g/mol. The molecule has 5 nitrogen and oxygen atoms in total. The molecule has 4 N–H and O–H groups in total. The number of guanidine groups is 1. The summed E-state index contributed by atoms with van der Waals surface area (Å²) in [5.41, 5.74) is 12.3. The van der Waals surface area contributed by atoms with E-state index in [0.29, 0.717) is 5.75 Å². The first-order valence-corrected chi connectivity index (χ1v) is 9.03. The lowest BCUT2D eigenvalue weighted by Gasteiger charge is -2.33. The van der Waals surface area contributed by atoms with Crippen LogP contribution in [0.5, 0.6) is 5.75 Å².